The van der Waals surface area contributed by atoms with Gasteiger partial charge in [0.1, 0.15) is 10.6 Å². The quantitative estimate of drug-likeness (QED) is 0.333. The van der Waals surface area contributed by atoms with E-state index in [0.29, 0.717) is 16.8 Å². The number of hydrogen-bond donors (Lipinski definition) is 0. The maximum absolute atomic E-state index is 13.8. The van der Waals surface area contributed by atoms with Crippen molar-refractivity contribution in [2.75, 3.05) is 5.75 Å². The third kappa shape index (κ3) is 4.44. The van der Waals surface area contributed by atoms with Crippen molar-refractivity contribution in [1.29, 1.82) is 0 Å². The molecular formula is C26H32N2O2S2. The van der Waals surface area contributed by atoms with Gasteiger partial charge in [-0.15, -0.1) is 11.3 Å². The number of aryl methyl sites for hydroxylation is 1. The van der Waals surface area contributed by atoms with Crippen LogP contribution in [0.1, 0.15) is 58.4 Å². The van der Waals surface area contributed by atoms with Crippen LogP contribution in [-0.2, 0) is 17.6 Å². The van der Waals surface area contributed by atoms with Crippen LogP contribution >= 0.6 is 23.1 Å². The number of benzene rings is 1. The number of carbonyl (C=O) groups is 1. The van der Waals surface area contributed by atoms with Crippen molar-refractivity contribution in [3.8, 4) is 5.69 Å². The average Bonchev–Trinajstić information content (AvgIpc) is 3.09. The molecule has 170 valence electrons. The Bertz CT molecular complexity index is 1210. The van der Waals surface area contributed by atoms with Crippen molar-refractivity contribution < 1.29 is 4.79 Å². The predicted octanol–water partition coefficient (Wildman–Crippen LogP) is 6.31. The van der Waals surface area contributed by atoms with Gasteiger partial charge in [-0.2, -0.15) is 0 Å². The molecule has 0 amide bonds. The summed E-state index contributed by atoms with van der Waals surface area (Å²) in [6.07, 6.45) is 3.04. The standard InChI is InChI=1S/C26H32N2O2S2/c1-25(2,3)16-12-13-18-19(14-16)32-22-21(18)23(30)28(17-10-8-7-9-11-17)24(27-22)31-15-20(29)26(4,5)6/h7-11,16H,12-15H2,1-6H3. The predicted molar refractivity (Wildman–Crippen MR) is 135 cm³/mol. The first-order valence-electron chi connectivity index (χ1n) is 11.3. The van der Waals surface area contributed by atoms with Crippen LogP contribution in [-0.4, -0.2) is 21.1 Å². The molecule has 1 aliphatic rings. The molecule has 0 saturated carbocycles. The lowest BCUT2D eigenvalue weighted by Gasteiger charge is -2.33. The molecule has 2 aromatic heterocycles. The minimum atomic E-state index is -0.418. The number of aromatic nitrogens is 2. The first kappa shape index (κ1) is 23.2. The fourth-order valence-corrected chi connectivity index (χ4v) is 6.71. The number of thiophene rings is 1. The van der Waals surface area contributed by atoms with Gasteiger partial charge < -0.3 is 0 Å². The van der Waals surface area contributed by atoms with Crippen LogP contribution in [0, 0.1) is 16.7 Å². The lowest BCUT2D eigenvalue weighted by molar-refractivity contribution is -0.123. The SMILES string of the molecule is CC(C)(C)C(=O)CSc1nc2sc3c(c2c(=O)n1-c1ccccc1)CCC(C(C)(C)C)C3. The van der Waals surface area contributed by atoms with E-state index in [0.717, 1.165) is 35.2 Å². The maximum atomic E-state index is 13.8. The van der Waals surface area contributed by atoms with Crippen molar-refractivity contribution in [3.05, 3.63) is 51.1 Å². The molecule has 0 radical (unpaired) electrons. The molecule has 1 aliphatic carbocycles. The molecular weight excluding hydrogens is 436 g/mol. The van der Waals surface area contributed by atoms with Gasteiger partial charge in [0.15, 0.2) is 5.16 Å². The summed E-state index contributed by atoms with van der Waals surface area (Å²) in [5, 5.41) is 1.37. The summed E-state index contributed by atoms with van der Waals surface area (Å²) in [7, 11) is 0. The molecule has 0 aliphatic heterocycles. The third-order valence-corrected chi connectivity index (χ3v) is 8.55. The summed E-state index contributed by atoms with van der Waals surface area (Å²) in [6.45, 7) is 12.7. The maximum Gasteiger partial charge on any atom is 0.267 e. The molecule has 0 fully saturated rings. The molecule has 3 aromatic rings. The molecule has 4 nitrogen and oxygen atoms in total. The lowest BCUT2D eigenvalue weighted by atomic mass is 9.72. The molecule has 0 N–H and O–H groups in total. The van der Waals surface area contributed by atoms with Gasteiger partial charge in [0.2, 0.25) is 0 Å². The Hall–Kier alpha value is -1.92. The van der Waals surface area contributed by atoms with Gasteiger partial charge in [0, 0.05) is 10.3 Å². The van der Waals surface area contributed by atoms with Crippen LogP contribution in [0.2, 0.25) is 0 Å². The zero-order chi connectivity index (χ0) is 23.3. The van der Waals surface area contributed by atoms with Crippen molar-refractivity contribution in [2.45, 2.75) is 66.0 Å². The monoisotopic (exact) mass is 468 g/mol. The second-order valence-electron chi connectivity index (χ2n) is 10.8. The van der Waals surface area contributed by atoms with E-state index >= 15 is 0 Å². The second-order valence-corrected chi connectivity index (χ2v) is 12.8. The number of para-hydroxylation sites is 1. The first-order valence-corrected chi connectivity index (χ1v) is 13.1. The number of Topliss-reactive ketones (excluding diaryl/α,β-unsaturated/α-hetero) is 1. The van der Waals surface area contributed by atoms with Crippen molar-refractivity contribution in [2.24, 2.45) is 16.7 Å². The summed E-state index contributed by atoms with van der Waals surface area (Å²) < 4.78 is 1.70. The second kappa shape index (κ2) is 8.45. The number of thioether (sulfide) groups is 1. The number of hydrogen-bond acceptors (Lipinski definition) is 5. The molecule has 0 bridgehead atoms. The summed E-state index contributed by atoms with van der Waals surface area (Å²) in [5.41, 5.74) is 1.80. The number of ketones is 1. The Balaban J connectivity index is 1.84. The molecule has 0 saturated heterocycles. The van der Waals surface area contributed by atoms with Gasteiger partial charge in [0.05, 0.1) is 16.8 Å². The Morgan fingerprint density at radius 2 is 1.84 bits per heavy atom. The Morgan fingerprint density at radius 1 is 1.16 bits per heavy atom. The Kier molecular flexibility index (Phi) is 6.14. The molecule has 4 rings (SSSR count). The lowest BCUT2D eigenvalue weighted by Crippen LogP contribution is -2.27. The van der Waals surface area contributed by atoms with E-state index < -0.39 is 5.41 Å². The molecule has 1 unspecified atom stereocenters. The van der Waals surface area contributed by atoms with E-state index in [1.54, 1.807) is 15.9 Å². The average molecular weight is 469 g/mol. The highest BCUT2D eigenvalue weighted by Crippen LogP contribution is 2.42. The molecule has 0 spiro atoms. The van der Waals surface area contributed by atoms with E-state index in [2.05, 4.69) is 20.8 Å². The van der Waals surface area contributed by atoms with Crippen molar-refractivity contribution >= 4 is 39.1 Å². The van der Waals surface area contributed by atoms with Gasteiger partial charge in [-0.3, -0.25) is 14.2 Å². The fourth-order valence-electron chi connectivity index (χ4n) is 4.19. The molecule has 1 aromatic carbocycles. The van der Waals surface area contributed by atoms with Crippen LogP contribution in [0.3, 0.4) is 0 Å². The number of rotatable bonds is 4. The zero-order valence-electron chi connectivity index (χ0n) is 19.8. The third-order valence-electron chi connectivity index (χ3n) is 6.46. The topological polar surface area (TPSA) is 52.0 Å². The highest BCUT2D eigenvalue weighted by molar-refractivity contribution is 7.99. The Morgan fingerprint density at radius 3 is 2.47 bits per heavy atom. The molecule has 6 heteroatoms. The van der Waals surface area contributed by atoms with Crippen LogP contribution in [0.5, 0.6) is 0 Å². The van der Waals surface area contributed by atoms with Crippen molar-refractivity contribution in [3.63, 3.8) is 0 Å². The minimum Gasteiger partial charge on any atom is -0.298 e. The van der Waals surface area contributed by atoms with Gasteiger partial charge in [-0.05, 0) is 48.3 Å². The van der Waals surface area contributed by atoms with Crippen LogP contribution in [0.15, 0.2) is 40.3 Å². The highest BCUT2D eigenvalue weighted by atomic mass is 32.2. The van der Waals surface area contributed by atoms with Crippen LogP contribution in [0.25, 0.3) is 15.9 Å². The normalized spacial score (nSPS) is 16.9. The van der Waals surface area contributed by atoms with Gasteiger partial charge in [-0.25, -0.2) is 4.98 Å². The van der Waals surface area contributed by atoms with Gasteiger partial charge >= 0.3 is 0 Å². The van der Waals surface area contributed by atoms with E-state index in [4.69, 9.17) is 4.98 Å². The van der Waals surface area contributed by atoms with E-state index in [-0.39, 0.29) is 16.8 Å². The smallest absolute Gasteiger partial charge is 0.267 e. The number of carbonyl (C=O) groups excluding carboxylic acids is 1. The Labute approximate surface area is 198 Å². The zero-order valence-corrected chi connectivity index (χ0v) is 21.5. The summed E-state index contributed by atoms with van der Waals surface area (Å²) >= 11 is 3.03. The number of nitrogens with zero attached hydrogens (tertiary/aromatic N) is 2. The van der Waals surface area contributed by atoms with E-state index in [1.807, 2.05) is 51.1 Å². The largest absolute Gasteiger partial charge is 0.298 e. The number of fused-ring (bicyclic) bond motifs is 3. The summed E-state index contributed by atoms with van der Waals surface area (Å²) in [4.78, 5) is 33.5. The minimum absolute atomic E-state index is 0.0152. The molecule has 2 heterocycles. The van der Waals surface area contributed by atoms with E-state index in [1.165, 1.54) is 22.2 Å². The molecule has 1 atom stereocenters. The van der Waals surface area contributed by atoms with Gasteiger partial charge in [0.25, 0.3) is 5.56 Å². The van der Waals surface area contributed by atoms with E-state index in [9.17, 15) is 9.59 Å². The molecule has 32 heavy (non-hydrogen) atoms. The first-order chi connectivity index (χ1) is 15.0. The highest BCUT2D eigenvalue weighted by Gasteiger charge is 2.32. The van der Waals surface area contributed by atoms with Gasteiger partial charge in [-0.1, -0.05) is 71.5 Å². The van der Waals surface area contributed by atoms with Crippen LogP contribution < -0.4 is 5.56 Å². The summed E-state index contributed by atoms with van der Waals surface area (Å²) in [5.74, 6) is 1.05. The fraction of sp³-hybridized carbons (Fsp3) is 0.500. The van der Waals surface area contributed by atoms with Crippen molar-refractivity contribution in [1.82, 2.24) is 9.55 Å². The summed E-state index contributed by atoms with van der Waals surface area (Å²) in [6, 6.07) is 9.66. The van der Waals surface area contributed by atoms with Crippen LogP contribution in [0.4, 0.5) is 0 Å².